The summed E-state index contributed by atoms with van der Waals surface area (Å²) in [6.45, 7) is 1.92. The van der Waals surface area contributed by atoms with Crippen LogP contribution >= 0.6 is 0 Å². The van der Waals surface area contributed by atoms with E-state index >= 15 is 0 Å². The molecule has 0 fully saturated rings. The number of carbonyl (C=O) groups is 1. The Morgan fingerprint density at radius 3 is 2.89 bits per heavy atom. The van der Waals surface area contributed by atoms with Crippen molar-refractivity contribution in [2.24, 2.45) is 0 Å². The number of hydrogen-bond donors (Lipinski definition) is 0. The van der Waals surface area contributed by atoms with Crippen molar-refractivity contribution in [3.05, 3.63) is 17.7 Å². The van der Waals surface area contributed by atoms with Crippen LogP contribution in [0.3, 0.4) is 0 Å². The lowest BCUT2D eigenvalue weighted by atomic mass is 10.3. The number of allylic oxidation sites excluding steroid dienone is 2. The van der Waals surface area contributed by atoms with Crippen molar-refractivity contribution in [1.29, 1.82) is 0 Å². The fourth-order valence-corrected chi connectivity index (χ4v) is 0.334. The summed E-state index contributed by atoms with van der Waals surface area (Å²) in [5, 5.41) is 0. The zero-order chi connectivity index (χ0) is 7.11. The largest absolute Gasteiger partial charge is 0.361 e. The molecule has 0 atom stereocenters. The minimum atomic E-state index is -0.292. The van der Waals surface area contributed by atoms with Gasteiger partial charge >= 0.3 is 6.21 Å². The van der Waals surface area contributed by atoms with E-state index in [1.165, 1.54) is 6.08 Å². The molecule has 48 valence electrons. The maximum absolute atomic E-state index is 10.4. The predicted molar refractivity (Wildman–Crippen MR) is 34.1 cm³/mol. The van der Waals surface area contributed by atoms with Gasteiger partial charge in [-0.3, -0.25) is 4.79 Å². The summed E-state index contributed by atoms with van der Waals surface area (Å²) in [6, 6.07) is 0. The maximum Gasteiger partial charge on any atom is 0.327 e. The number of ketones is 1. The highest BCUT2D eigenvalue weighted by atomic mass is 16.1. The van der Waals surface area contributed by atoms with Crippen LogP contribution in [-0.2, 0) is 4.79 Å². The van der Waals surface area contributed by atoms with E-state index in [1.54, 1.807) is 6.08 Å². The number of carbonyl (C=O) groups excluding carboxylic acids is 1. The average Bonchev–Trinajstić information content (AvgIpc) is 1.85. The monoisotopic (exact) mass is 124 g/mol. The Morgan fingerprint density at radius 2 is 2.44 bits per heavy atom. The van der Waals surface area contributed by atoms with Crippen molar-refractivity contribution < 1.29 is 9.58 Å². The van der Waals surface area contributed by atoms with Gasteiger partial charge < -0.3 is 5.53 Å². The lowest BCUT2D eigenvalue weighted by molar-refractivity contribution is -0.111. The Morgan fingerprint density at radius 1 is 1.78 bits per heavy atom. The van der Waals surface area contributed by atoms with Gasteiger partial charge in [0.25, 0.3) is 5.78 Å². The highest BCUT2D eigenvalue weighted by Crippen LogP contribution is 1.77. The molecule has 0 N–H and O–H groups in total. The molecule has 0 radical (unpaired) electrons. The SMILES string of the molecule is CC/C=C/C(=O)C=[N+]=[N-]. The minimum absolute atomic E-state index is 0.292. The van der Waals surface area contributed by atoms with E-state index in [0.29, 0.717) is 0 Å². The molecule has 9 heavy (non-hydrogen) atoms. The number of nitrogens with zero attached hydrogens (tertiary/aromatic N) is 2. The molecule has 0 aliphatic carbocycles. The summed E-state index contributed by atoms with van der Waals surface area (Å²) in [4.78, 5) is 13.0. The van der Waals surface area contributed by atoms with E-state index in [9.17, 15) is 4.79 Å². The van der Waals surface area contributed by atoms with E-state index < -0.39 is 0 Å². The number of hydrogen-bond acceptors (Lipinski definition) is 1. The molecule has 0 saturated heterocycles. The van der Waals surface area contributed by atoms with Gasteiger partial charge in [0.1, 0.15) is 0 Å². The van der Waals surface area contributed by atoms with Crippen LogP contribution in [0.25, 0.3) is 5.53 Å². The van der Waals surface area contributed by atoms with Crippen LogP contribution in [0.5, 0.6) is 0 Å². The van der Waals surface area contributed by atoms with Gasteiger partial charge in [0.15, 0.2) is 0 Å². The van der Waals surface area contributed by atoms with Gasteiger partial charge in [-0.25, -0.2) is 0 Å². The van der Waals surface area contributed by atoms with Crippen LogP contribution in [0.15, 0.2) is 12.2 Å². The first-order valence-electron chi connectivity index (χ1n) is 2.69. The topological polar surface area (TPSA) is 53.5 Å². The van der Waals surface area contributed by atoms with E-state index in [-0.39, 0.29) is 5.78 Å². The van der Waals surface area contributed by atoms with Gasteiger partial charge in [-0.2, -0.15) is 4.79 Å². The van der Waals surface area contributed by atoms with Crippen molar-refractivity contribution in [2.75, 3.05) is 0 Å². The molecular weight excluding hydrogens is 116 g/mol. The Bertz CT molecular complexity index is 166. The molecular formula is C6H8N2O. The van der Waals surface area contributed by atoms with E-state index in [1.807, 2.05) is 6.92 Å². The summed E-state index contributed by atoms with van der Waals surface area (Å²) in [5.74, 6) is -0.292. The van der Waals surface area contributed by atoms with E-state index in [0.717, 1.165) is 12.6 Å². The van der Waals surface area contributed by atoms with Crippen LogP contribution in [0.2, 0.25) is 0 Å². The first-order chi connectivity index (χ1) is 4.31. The molecule has 3 nitrogen and oxygen atoms in total. The van der Waals surface area contributed by atoms with Crippen molar-refractivity contribution in [2.45, 2.75) is 13.3 Å². The standard InChI is InChI=1S/C6H8N2O/c1-2-3-4-6(9)5-8-7/h3-5H,2H2,1H3/b4-3+. The highest BCUT2D eigenvalue weighted by Gasteiger charge is 1.91. The Labute approximate surface area is 53.6 Å². The Balaban J connectivity index is 3.77. The predicted octanol–water partition coefficient (Wildman–Crippen LogP) is 0.822. The molecule has 0 aliphatic rings. The molecule has 0 aliphatic heterocycles. The molecule has 0 unspecified atom stereocenters. The van der Waals surface area contributed by atoms with Crippen LogP contribution in [0.4, 0.5) is 0 Å². The van der Waals surface area contributed by atoms with Gasteiger partial charge in [-0.05, 0) is 12.5 Å². The van der Waals surface area contributed by atoms with Gasteiger partial charge in [0, 0.05) is 0 Å². The average molecular weight is 124 g/mol. The second kappa shape index (κ2) is 4.94. The van der Waals surface area contributed by atoms with E-state index in [4.69, 9.17) is 5.53 Å². The molecule has 0 aromatic heterocycles. The summed E-state index contributed by atoms with van der Waals surface area (Å²) in [5.41, 5.74) is 7.85. The third-order valence-corrected chi connectivity index (χ3v) is 0.703. The third kappa shape index (κ3) is 4.65. The molecule has 0 amide bonds. The fraction of sp³-hybridized carbons (Fsp3) is 0.333. The first kappa shape index (κ1) is 7.79. The van der Waals surface area contributed by atoms with Gasteiger partial charge in [0.2, 0.25) is 0 Å². The minimum Gasteiger partial charge on any atom is -0.361 e. The van der Waals surface area contributed by atoms with E-state index in [2.05, 4.69) is 4.79 Å². The molecule has 3 heteroatoms. The molecule has 0 spiro atoms. The highest BCUT2D eigenvalue weighted by molar-refractivity contribution is 6.30. The smallest absolute Gasteiger partial charge is 0.327 e. The normalized spacial score (nSPS) is 9.00. The van der Waals surface area contributed by atoms with Crippen LogP contribution < -0.4 is 0 Å². The quantitative estimate of drug-likeness (QED) is 0.238. The Kier molecular flexibility index (Phi) is 4.27. The molecule has 0 aromatic rings. The zero-order valence-electron chi connectivity index (χ0n) is 5.24. The van der Waals surface area contributed by atoms with Crippen molar-refractivity contribution in [3.63, 3.8) is 0 Å². The first-order valence-corrected chi connectivity index (χ1v) is 2.69. The van der Waals surface area contributed by atoms with Gasteiger partial charge in [0.05, 0.1) is 0 Å². The van der Waals surface area contributed by atoms with Gasteiger partial charge in [-0.1, -0.05) is 13.0 Å². The summed E-state index contributed by atoms with van der Waals surface area (Å²) in [7, 11) is 0. The third-order valence-electron chi connectivity index (χ3n) is 0.703. The summed E-state index contributed by atoms with van der Waals surface area (Å²) < 4.78 is 0. The number of rotatable bonds is 3. The molecule has 0 rings (SSSR count). The summed E-state index contributed by atoms with van der Waals surface area (Å²) >= 11 is 0. The second-order valence-corrected chi connectivity index (χ2v) is 1.46. The fourth-order valence-electron chi connectivity index (χ4n) is 0.334. The zero-order valence-corrected chi connectivity index (χ0v) is 5.24. The maximum atomic E-state index is 10.4. The van der Waals surface area contributed by atoms with Crippen molar-refractivity contribution >= 4 is 12.0 Å². The van der Waals surface area contributed by atoms with Gasteiger partial charge in [-0.15, -0.1) is 0 Å². The van der Waals surface area contributed by atoms with Crippen LogP contribution in [0, 0.1) is 0 Å². The molecule has 0 bridgehead atoms. The lowest BCUT2D eigenvalue weighted by Crippen LogP contribution is -1.92. The Hall–Kier alpha value is -1.21. The second-order valence-electron chi connectivity index (χ2n) is 1.46. The van der Waals surface area contributed by atoms with Crippen molar-refractivity contribution in [3.8, 4) is 0 Å². The molecule has 0 aromatic carbocycles. The molecule has 0 saturated carbocycles. The van der Waals surface area contributed by atoms with Crippen molar-refractivity contribution in [1.82, 2.24) is 0 Å². The van der Waals surface area contributed by atoms with Crippen LogP contribution in [0.1, 0.15) is 13.3 Å². The molecule has 0 heterocycles. The summed E-state index contributed by atoms with van der Waals surface area (Å²) in [6.07, 6.45) is 4.72. The van der Waals surface area contributed by atoms with Crippen LogP contribution in [-0.4, -0.2) is 16.8 Å². The lowest BCUT2D eigenvalue weighted by Gasteiger charge is -1.71.